The van der Waals surface area contributed by atoms with Crippen LogP contribution in [0.2, 0.25) is 0 Å². The Labute approximate surface area is 114 Å². The summed E-state index contributed by atoms with van der Waals surface area (Å²) in [5.41, 5.74) is 1.02. The molecule has 0 saturated carbocycles. The predicted octanol–water partition coefficient (Wildman–Crippen LogP) is 1.50. The molecule has 0 aliphatic rings. The molecule has 2 atom stereocenters. The molecule has 2 unspecified atom stereocenters. The number of hydrogen-bond acceptors (Lipinski definition) is 2. The highest BCUT2D eigenvalue weighted by atomic mass is 16.2. The summed E-state index contributed by atoms with van der Waals surface area (Å²) in [4.78, 5) is 22.8. The molecule has 4 heteroatoms. The van der Waals surface area contributed by atoms with Crippen molar-refractivity contribution in [1.82, 2.24) is 10.6 Å². The third kappa shape index (κ3) is 5.12. The molecule has 0 radical (unpaired) electrons. The van der Waals surface area contributed by atoms with Gasteiger partial charge >= 0.3 is 0 Å². The molecule has 0 heterocycles. The van der Waals surface area contributed by atoms with Crippen molar-refractivity contribution < 1.29 is 9.59 Å². The van der Waals surface area contributed by atoms with Crippen LogP contribution in [0.3, 0.4) is 0 Å². The van der Waals surface area contributed by atoms with Gasteiger partial charge in [0, 0.05) is 12.5 Å². The fourth-order valence-corrected chi connectivity index (χ4v) is 1.65. The zero-order valence-electron chi connectivity index (χ0n) is 11.7. The van der Waals surface area contributed by atoms with Gasteiger partial charge in [0.1, 0.15) is 6.04 Å². The van der Waals surface area contributed by atoms with Gasteiger partial charge < -0.3 is 10.6 Å². The van der Waals surface area contributed by atoms with Crippen LogP contribution < -0.4 is 10.6 Å². The Kier molecular flexibility index (Phi) is 6.06. The fraction of sp³-hybridized carbons (Fsp3) is 0.467. The lowest BCUT2D eigenvalue weighted by Gasteiger charge is -2.22. The monoisotopic (exact) mass is 262 g/mol. The van der Waals surface area contributed by atoms with Gasteiger partial charge in [-0.2, -0.15) is 0 Å². The van der Waals surface area contributed by atoms with Gasteiger partial charge in [0.15, 0.2) is 0 Å². The third-order valence-electron chi connectivity index (χ3n) is 3.24. The first-order valence-corrected chi connectivity index (χ1v) is 6.58. The highest BCUT2D eigenvalue weighted by Gasteiger charge is 2.20. The molecule has 4 nitrogen and oxygen atoms in total. The summed E-state index contributed by atoms with van der Waals surface area (Å²) >= 11 is 0. The lowest BCUT2D eigenvalue weighted by Crippen LogP contribution is -2.49. The normalized spacial score (nSPS) is 13.7. The topological polar surface area (TPSA) is 58.2 Å². The van der Waals surface area contributed by atoms with Crippen LogP contribution in [0.15, 0.2) is 30.3 Å². The van der Waals surface area contributed by atoms with Crippen LogP contribution >= 0.6 is 0 Å². The highest BCUT2D eigenvalue weighted by Crippen LogP contribution is 2.05. The van der Waals surface area contributed by atoms with Gasteiger partial charge in [0.2, 0.25) is 12.3 Å². The van der Waals surface area contributed by atoms with Gasteiger partial charge in [0.05, 0.1) is 0 Å². The summed E-state index contributed by atoms with van der Waals surface area (Å²) in [6.45, 7) is 6.05. The molecule has 0 aliphatic carbocycles. The van der Waals surface area contributed by atoms with Gasteiger partial charge in [-0.25, -0.2) is 0 Å². The molecule has 0 spiro atoms. The summed E-state index contributed by atoms with van der Waals surface area (Å²) in [7, 11) is 0. The van der Waals surface area contributed by atoms with E-state index in [1.807, 2.05) is 51.1 Å². The van der Waals surface area contributed by atoms with Crippen molar-refractivity contribution in [1.29, 1.82) is 0 Å². The van der Waals surface area contributed by atoms with E-state index in [-0.39, 0.29) is 11.9 Å². The van der Waals surface area contributed by atoms with Crippen LogP contribution in [0, 0.1) is 5.92 Å². The van der Waals surface area contributed by atoms with E-state index in [4.69, 9.17) is 0 Å². The van der Waals surface area contributed by atoms with E-state index < -0.39 is 6.04 Å². The average molecular weight is 262 g/mol. The second kappa shape index (κ2) is 7.56. The molecule has 1 aromatic rings. The van der Waals surface area contributed by atoms with Crippen molar-refractivity contribution in [2.45, 2.75) is 39.3 Å². The Morgan fingerprint density at radius 2 is 1.84 bits per heavy atom. The SMILES string of the molecule is CC(C)C(C)NC(=O)C(Cc1ccccc1)NC=O. The summed E-state index contributed by atoms with van der Waals surface area (Å²) in [5.74, 6) is 0.217. The zero-order valence-corrected chi connectivity index (χ0v) is 11.7. The fourth-order valence-electron chi connectivity index (χ4n) is 1.65. The van der Waals surface area contributed by atoms with Gasteiger partial charge in [-0.1, -0.05) is 44.2 Å². The van der Waals surface area contributed by atoms with E-state index in [0.29, 0.717) is 18.7 Å². The summed E-state index contributed by atoms with van der Waals surface area (Å²) < 4.78 is 0. The minimum atomic E-state index is -0.527. The first-order chi connectivity index (χ1) is 9.04. The molecular weight excluding hydrogens is 240 g/mol. The molecule has 0 aliphatic heterocycles. The lowest BCUT2D eigenvalue weighted by molar-refractivity contribution is -0.126. The summed E-state index contributed by atoms with van der Waals surface area (Å²) in [6, 6.07) is 9.20. The van der Waals surface area contributed by atoms with Crippen molar-refractivity contribution >= 4 is 12.3 Å². The third-order valence-corrected chi connectivity index (χ3v) is 3.24. The molecule has 2 amide bonds. The molecule has 0 bridgehead atoms. The number of hydrogen-bond donors (Lipinski definition) is 2. The number of nitrogens with one attached hydrogen (secondary N) is 2. The average Bonchev–Trinajstić information content (AvgIpc) is 2.39. The number of rotatable bonds is 7. The summed E-state index contributed by atoms with van der Waals surface area (Å²) in [6.07, 6.45) is 1.07. The minimum absolute atomic E-state index is 0.0826. The Morgan fingerprint density at radius 3 is 2.37 bits per heavy atom. The largest absolute Gasteiger partial charge is 0.352 e. The second-order valence-corrected chi connectivity index (χ2v) is 5.07. The zero-order chi connectivity index (χ0) is 14.3. The molecule has 2 N–H and O–H groups in total. The molecule has 0 fully saturated rings. The van der Waals surface area contributed by atoms with Crippen LogP contribution in [0.25, 0.3) is 0 Å². The van der Waals surface area contributed by atoms with Crippen molar-refractivity contribution in [2.75, 3.05) is 0 Å². The van der Waals surface area contributed by atoms with Crippen LogP contribution in [0.5, 0.6) is 0 Å². The van der Waals surface area contributed by atoms with Gasteiger partial charge in [-0.05, 0) is 18.4 Å². The molecule has 0 saturated heterocycles. The van der Waals surface area contributed by atoms with Crippen LogP contribution in [0.1, 0.15) is 26.3 Å². The van der Waals surface area contributed by atoms with E-state index in [0.717, 1.165) is 5.56 Å². The smallest absolute Gasteiger partial charge is 0.243 e. The van der Waals surface area contributed by atoms with Crippen LogP contribution in [-0.4, -0.2) is 24.4 Å². The maximum absolute atomic E-state index is 12.1. The lowest BCUT2D eigenvalue weighted by atomic mass is 10.0. The highest BCUT2D eigenvalue weighted by molar-refractivity contribution is 5.84. The first-order valence-electron chi connectivity index (χ1n) is 6.58. The number of carbonyl (C=O) groups is 2. The Hall–Kier alpha value is -1.84. The van der Waals surface area contributed by atoms with Gasteiger partial charge in [-0.3, -0.25) is 9.59 Å². The second-order valence-electron chi connectivity index (χ2n) is 5.07. The quantitative estimate of drug-likeness (QED) is 0.732. The van der Waals surface area contributed by atoms with Crippen LogP contribution in [-0.2, 0) is 16.0 Å². The van der Waals surface area contributed by atoms with Gasteiger partial charge in [0.25, 0.3) is 0 Å². The first kappa shape index (κ1) is 15.2. The molecule has 0 aromatic heterocycles. The standard InChI is InChI=1S/C15H22N2O2/c1-11(2)12(3)17-15(19)14(16-10-18)9-13-7-5-4-6-8-13/h4-8,10-12,14H,9H2,1-3H3,(H,16,18)(H,17,19). The Morgan fingerprint density at radius 1 is 1.21 bits per heavy atom. The number of benzene rings is 1. The van der Waals surface area contributed by atoms with E-state index in [9.17, 15) is 9.59 Å². The van der Waals surface area contributed by atoms with E-state index in [2.05, 4.69) is 10.6 Å². The van der Waals surface area contributed by atoms with Crippen molar-refractivity contribution in [3.05, 3.63) is 35.9 Å². The molecule has 1 aromatic carbocycles. The van der Waals surface area contributed by atoms with E-state index in [1.54, 1.807) is 0 Å². The summed E-state index contributed by atoms with van der Waals surface area (Å²) in [5, 5.41) is 5.51. The predicted molar refractivity (Wildman–Crippen MR) is 75.6 cm³/mol. The van der Waals surface area contributed by atoms with Gasteiger partial charge in [-0.15, -0.1) is 0 Å². The molecule has 1 rings (SSSR count). The Balaban J connectivity index is 2.66. The van der Waals surface area contributed by atoms with Crippen molar-refractivity contribution in [3.8, 4) is 0 Å². The molecular formula is C15H22N2O2. The maximum atomic E-state index is 12.1. The maximum Gasteiger partial charge on any atom is 0.243 e. The number of amides is 2. The Bertz CT molecular complexity index is 404. The molecule has 104 valence electrons. The minimum Gasteiger partial charge on any atom is -0.352 e. The number of carbonyl (C=O) groups excluding carboxylic acids is 2. The van der Waals surface area contributed by atoms with E-state index in [1.165, 1.54) is 0 Å². The van der Waals surface area contributed by atoms with Crippen LogP contribution in [0.4, 0.5) is 0 Å². The van der Waals surface area contributed by atoms with Crippen molar-refractivity contribution in [2.24, 2.45) is 5.92 Å². The van der Waals surface area contributed by atoms with Crippen molar-refractivity contribution in [3.63, 3.8) is 0 Å². The molecule has 19 heavy (non-hydrogen) atoms. The van der Waals surface area contributed by atoms with E-state index >= 15 is 0 Å².